The van der Waals surface area contributed by atoms with E-state index in [-0.39, 0.29) is 0 Å². The molecule has 3 unspecified atom stereocenters. The number of nitrogens with one attached hydrogen (secondary N) is 1. The second-order valence-electron chi connectivity index (χ2n) is 5.58. The molecule has 14 heavy (non-hydrogen) atoms. The summed E-state index contributed by atoms with van der Waals surface area (Å²) in [5.41, 5.74) is -0.408. The van der Waals surface area contributed by atoms with Crippen molar-refractivity contribution in [2.45, 2.75) is 57.6 Å². The van der Waals surface area contributed by atoms with Crippen molar-refractivity contribution in [1.29, 1.82) is 0 Å². The average molecular weight is 197 g/mol. The molecule has 0 heterocycles. The van der Waals surface area contributed by atoms with Crippen molar-refractivity contribution in [3.8, 4) is 0 Å². The summed E-state index contributed by atoms with van der Waals surface area (Å²) in [4.78, 5) is 0. The molecule has 3 atom stereocenters. The molecule has 0 aliphatic heterocycles. The quantitative estimate of drug-likeness (QED) is 0.724. The fraction of sp³-hybridized carbons (Fsp3) is 1.00. The van der Waals surface area contributed by atoms with E-state index in [2.05, 4.69) is 19.2 Å². The third-order valence-electron chi connectivity index (χ3n) is 4.04. The highest BCUT2D eigenvalue weighted by Crippen LogP contribution is 2.36. The molecule has 2 fully saturated rings. The van der Waals surface area contributed by atoms with Crippen molar-refractivity contribution in [3.63, 3.8) is 0 Å². The molecular weight excluding hydrogens is 174 g/mol. The molecule has 0 aromatic rings. The first-order valence-electron chi connectivity index (χ1n) is 6.05. The lowest BCUT2D eigenvalue weighted by Crippen LogP contribution is -2.46. The molecule has 2 rings (SSSR count). The van der Waals surface area contributed by atoms with Crippen LogP contribution in [0.5, 0.6) is 0 Å². The zero-order chi connectivity index (χ0) is 10.2. The minimum absolute atomic E-state index is 0.408. The average Bonchev–Trinajstić information content (AvgIpc) is 2.93. The van der Waals surface area contributed by atoms with Gasteiger partial charge in [0.25, 0.3) is 0 Å². The number of rotatable bonds is 3. The Bertz CT molecular complexity index is 202. The first-order chi connectivity index (χ1) is 6.59. The molecule has 0 amide bonds. The Morgan fingerprint density at radius 3 is 2.50 bits per heavy atom. The van der Waals surface area contributed by atoms with E-state index >= 15 is 0 Å². The van der Waals surface area contributed by atoms with Crippen LogP contribution < -0.4 is 5.32 Å². The summed E-state index contributed by atoms with van der Waals surface area (Å²) in [5, 5.41) is 13.8. The van der Waals surface area contributed by atoms with E-state index in [1.807, 2.05) is 0 Å². The maximum atomic E-state index is 10.4. The lowest BCUT2D eigenvalue weighted by atomic mass is 9.73. The predicted octanol–water partition coefficient (Wildman–Crippen LogP) is 1.93. The lowest BCUT2D eigenvalue weighted by Gasteiger charge is -2.39. The van der Waals surface area contributed by atoms with E-state index in [0.29, 0.717) is 12.0 Å². The molecule has 0 radical (unpaired) electrons. The van der Waals surface area contributed by atoms with Gasteiger partial charge in [-0.1, -0.05) is 13.8 Å². The van der Waals surface area contributed by atoms with E-state index in [9.17, 15) is 5.11 Å². The van der Waals surface area contributed by atoms with Gasteiger partial charge in [-0.3, -0.25) is 0 Å². The van der Waals surface area contributed by atoms with Crippen LogP contribution in [0.4, 0.5) is 0 Å². The Labute approximate surface area is 87.1 Å². The van der Waals surface area contributed by atoms with Crippen molar-refractivity contribution in [2.24, 2.45) is 11.8 Å². The lowest BCUT2D eigenvalue weighted by molar-refractivity contribution is -0.0273. The normalized spacial score (nSPS) is 43.9. The number of aliphatic hydroxyl groups is 1. The van der Waals surface area contributed by atoms with Crippen molar-refractivity contribution in [3.05, 3.63) is 0 Å². The molecular formula is C12H23NO. The Morgan fingerprint density at radius 1 is 1.21 bits per heavy atom. The van der Waals surface area contributed by atoms with Gasteiger partial charge >= 0.3 is 0 Å². The minimum Gasteiger partial charge on any atom is -0.389 e. The fourth-order valence-corrected chi connectivity index (χ4v) is 2.47. The number of hydrogen-bond acceptors (Lipinski definition) is 2. The highest BCUT2D eigenvalue weighted by Gasteiger charge is 2.36. The van der Waals surface area contributed by atoms with E-state index in [1.54, 1.807) is 0 Å². The zero-order valence-electron chi connectivity index (χ0n) is 9.42. The Morgan fingerprint density at radius 2 is 1.93 bits per heavy atom. The second kappa shape index (κ2) is 3.82. The molecule has 2 N–H and O–H groups in total. The van der Waals surface area contributed by atoms with Crippen molar-refractivity contribution < 1.29 is 5.11 Å². The molecule has 0 bridgehead atoms. The monoisotopic (exact) mass is 197 g/mol. The Kier molecular flexibility index (Phi) is 2.85. The van der Waals surface area contributed by atoms with E-state index < -0.39 is 5.60 Å². The highest BCUT2D eigenvalue weighted by atomic mass is 16.3. The summed E-state index contributed by atoms with van der Waals surface area (Å²) in [5.74, 6) is 1.46. The fourth-order valence-electron chi connectivity index (χ4n) is 2.47. The molecule has 0 aromatic carbocycles. The van der Waals surface area contributed by atoms with Gasteiger partial charge < -0.3 is 10.4 Å². The summed E-state index contributed by atoms with van der Waals surface area (Å²) < 4.78 is 0. The van der Waals surface area contributed by atoms with Gasteiger partial charge in [-0.05, 0) is 43.9 Å². The largest absolute Gasteiger partial charge is 0.389 e. The van der Waals surface area contributed by atoms with Crippen LogP contribution in [0.25, 0.3) is 0 Å². The van der Waals surface area contributed by atoms with Crippen LogP contribution in [-0.4, -0.2) is 23.3 Å². The SMILES string of the molecule is CC1CCC(O)(CNC2CC2)CC1C. The molecule has 0 spiro atoms. The van der Waals surface area contributed by atoms with Crippen LogP contribution in [-0.2, 0) is 0 Å². The number of hydrogen-bond donors (Lipinski definition) is 2. The van der Waals surface area contributed by atoms with Gasteiger partial charge in [-0.15, -0.1) is 0 Å². The molecule has 2 aliphatic carbocycles. The topological polar surface area (TPSA) is 32.3 Å². The van der Waals surface area contributed by atoms with Crippen molar-refractivity contribution in [2.75, 3.05) is 6.54 Å². The summed E-state index contributed by atoms with van der Waals surface area (Å²) in [6, 6.07) is 0.716. The maximum absolute atomic E-state index is 10.4. The minimum atomic E-state index is -0.408. The van der Waals surface area contributed by atoms with Gasteiger partial charge in [-0.2, -0.15) is 0 Å². The van der Waals surface area contributed by atoms with Gasteiger partial charge in [0, 0.05) is 12.6 Å². The summed E-state index contributed by atoms with van der Waals surface area (Å²) in [6.07, 6.45) is 5.76. The smallest absolute Gasteiger partial charge is 0.0774 e. The van der Waals surface area contributed by atoms with Gasteiger partial charge in [0.15, 0.2) is 0 Å². The molecule has 2 aliphatic rings. The van der Waals surface area contributed by atoms with E-state index in [4.69, 9.17) is 0 Å². The summed E-state index contributed by atoms with van der Waals surface area (Å²) in [7, 11) is 0. The molecule has 2 saturated carbocycles. The van der Waals surface area contributed by atoms with Crippen LogP contribution in [0, 0.1) is 11.8 Å². The first kappa shape index (κ1) is 10.4. The zero-order valence-corrected chi connectivity index (χ0v) is 9.42. The van der Waals surface area contributed by atoms with Crippen molar-refractivity contribution >= 4 is 0 Å². The third kappa shape index (κ3) is 2.48. The Balaban J connectivity index is 1.81. The molecule has 0 aromatic heterocycles. The van der Waals surface area contributed by atoms with Crippen LogP contribution in [0.1, 0.15) is 46.0 Å². The first-order valence-corrected chi connectivity index (χ1v) is 6.05. The molecule has 0 saturated heterocycles. The van der Waals surface area contributed by atoms with Crippen LogP contribution in [0.2, 0.25) is 0 Å². The van der Waals surface area contributed by atoms with Crippen LogP contribution >= 0.6 is 0 Å². The van der Waals surface area contributed by atoms with Crippen molar-refractivity contribution in [1.82, 2.24) is 5.32 Å². The summed E-state index contributed by atoms with van der Waals surface area (Å²) >= 11 is 0. The van der Waals surface area contributed by atoms with Crippen LogP contribution in [0.15, 0.2) is 0 Å². The third-order valence-corrected chi connectivity index (χ3v) is 4.04. The van der Waals surface area contributed by atoms with E-state index in [0.717, 1.165) is 25.3 Å². The Hall–Kier alpha value is -0.0800. The van der Waals surface area contributed by atoms with Gasteiger partial charge in [0.1, 0.15) is 0 Å². The second-order valence-corrected chi connectivity index (χ2v) is 5.58. The standard InChI is InChI=1S/C12H23NO/c1-9-5-6-12(14,7-10(9)2)8-13-11-3-4-11/h9-11,13-14H,3-8H2,1-2H3. The molecule has 2 heteroatoms. The molecule has 82 valence electrons. The highest BCUT2D eigenvalue weighted by molar-refractivity contribution is 4.92. The predicted molar refractivity (Wildman–Crippen MR) is 58.2 cm³/mol. The van der Waals surface area contributed by atoms with Gasteiger partial charge in [0.05, 0.1) is 5.60 Å². The van der Waals surface area contributed by atoms with Crippen LogP contribution in [0.3, 0.4) is 0 Å². The summed E-state index contributed by atoms with van der Waals surface area (Å²) in [6.45, 7) is 5.39. The molecule has 2 nitrogen and oxygen atoms in total. The van der Waals surface area contributed by atoms with Gasteiger partial charge in [-0.25, -0.2) is 0 Å². The maximum Gasteiger partial charge on any atom is 0.0774 e. The van der Waals surface area contributed by atoms with Gasteiger partial charge in [0.2, 0.25) is 0 Å². The van der Waals surface area contributed by atoms with E-state index in [1.165, 1.54) is 19.3 Å².